The van der Waals surface area contributed by atoms with E-state index in [0.29, 0.717) is 22.8 Å². The first kappa shape index (κ1) is 21.8. The predicted octanol–water partition coefficient (Wildman–Crippen LogP) is 5.71. The molecule has 0 radical (unpaired) electrons. The van der Waals surface area contributed by atoms with Crippen molar-refractivity contribution in [3.05, 3.63) is 56.3 Å². The second kappa shape index (κ2) is 7.04. The van der Waals surface area contributed by atoms with Crippen LogP contribution in [0.25, 0.3) is 5.57 Å². The zero-order valence-corrected chi connectivity index (χ0v) is 20.2. The summed E-state index contributed by atoms with van der Waals surface area (Å²) in [5.41, 5.74) is 10.4. The third-order valence-electron chi connectivity index (χ3n) is 7.43. The van der Waals surface area contributed by atoms with E-state index in [0.717, 1.165) is 64.2 Å². The van der Waals surface area contributed by atoms with Gasteiger partial charge in [0.1, 0.15) is 5.71 Å². The molecule has 2 aromatic heterocycles. The third-order valence-corrected chi connectivity index (χ3v) is 7.43. The molecule has 0 aromatic carbocycles. The number of aryl methyl sites for hydroxylation is 2. The van der Waals surface area contributed by atoms with Crippen LogP contribution in [0.3, 0.4) is 0 Å². The summed E-state index contributed by atoms with van der Waals surface area (Å²) in [5.74, 6) is 0. The lowest BCUT2D eigenvalue weighted by Gasteiger charge is -2.34. The lowest BCUT2D eigenvalue weighted by molar-refractivity contribution is -0.363. The monoisotopic (exact) mass is 426 g/mol. The van der Waals surface area contributed by atoms with Gasteiger partial charge in [-0.3, -0.25) is 4.68 Å². The molecule has 0 amide bonds. The number of aromatic nitrogens is 3. The van der Waals surface area contributed by atoms with Gasteiger partial charge in [0.25, 0.3) is 0 Å². The van der Waals surface area contributed by atoms with Crippen molar-refractivity contribution >= 4 is 18.3 Å². The van der Waals surface area contributed by atoms with Crippen LogP contribution in [0.2, 0.25) is 0 Å². The second-order valence-corrected chi connectivity index (χ2v) is 8.85. The molecule has 7 heteroatoms. The highest BCUT2D eigenvalue weighted by atomic mass is 19.2. The van der Waals surface area contributed by atoms with Crippen molar-refractivity contribution in [1.82, 2.24) is 14.3 Å². The van der Waals surface area contributed by atoms with Crippen LogP contribution >= 0.6 is 0 Å². The zero-order chi connectivity index (χ0) is 23.0. The number of hydrogen-bond acceptors (Lipinski definition) is 1. The highest BCUT2D eigenvalue weighted by Crippen LogP contribution is 2.48. The molecular formula is C24H33BF2N4. The van der Waals surface area contributed by atoms with Gasteiger partial charge in [-0.05, 0) is 71.2 Å². The van der Waals surface area contributed by atoms with Crippen LogP contribution in [-0.4, -0.2) is 31.4 Å². The largest absolute Gasteiger partial charge is 0.737 e. The highest BCUT2D eigenvalue weighted by molar-refractivity contribution is 6.58. The smallest absolute Gasteiger partial charge is 0.393 e. The SMILES string of the molecule is CCC1=C(C)C2=C(c3c(C)nn(CC)c3C)c3c(C)c(CC)c(C)n3[B-](F)(F)[N+]2=C1C. The van der Waals surface area contributed by atoms with Crippen LogP contribution in [0.1, 0.15) is 80.5 Å². The topological polar surface area (TPSA) is 25.8 Å². The number of fused-ring (bicyclic) bond motifs is 2. The quantitative estimate of drug-likeness (QED) is 0.575. The second-order valence-electron chi connectivity index (χ2n) is 8.85. The Labute approximate surface area is 184 Å². The summed E-state index contributed by atoms with van der Waals surface area (Å²) in [5, 5.41) is 4.74. The molecule has 0 spiro atoms. The number of allylic oxidation sites excluding steroid dienone is 2. The molecule has 166 valence electrons. The van der Waals surface area contributed by atoms with Crippen molar-refractivity contribution in [3.63, 3.8) is 0 Å². The molecule has 0 aliphatic carbocycles. The molecule has 0 N–H and O–H groups in total. The fraction of sp³-hybridized carbons (Fsp3) is 0.500. The molecule has 2 aliphatic rings. The maximum Gasteiger partial charge on any atom is 0.737 e. The minimum absolute atomic E-state index is 0.664. The summed E-state index contributed by atoms with van der Waals surface area (Å²) in [6, 6.07) is 0. The molecular weight excluding hydrogens is 393 g/mol. The molecule has 0 saturated heterocycles. The Kier molecular flexibility index (Phi) is 4.95. The molecule has 0 unspecified atom stereocenters. The van der Waals surface area contributed by atoms with Crippen molar-refractivity contribution < 1.29 is 13.1 Å². The molecule has 0 atom stereocenters. The van der Waals surface area contributed by atoms with Gasteiger partial charge in [0, 0.05) is 41.6 Å². The molecule has 0 bridgehead atoms. The van der Waals surface area contributed by atoms with Crippen molar-refractivity contribution in [3.8, 4) is 0 Å². The lowest BCUT2D eigenvalue weighted by atomic mass is 9.83. The van der Waals surface area contributed by atoms with E-state index >= 15 is 8.63 Å². The van der Waals surface area contributed by atoms with E-state index < -0.39 is 6.97 Å². The van der Waals surface area contributed by atoms with E-state index in [2.05, 4.69) is 13.8 Å². The molecule has 2 aliphatic heterocycles. The molecule has 31 heavy (non-hydrogen) atoms. The van der Waals surface area contributed by atoms with E-state index in [1.807, 2.05) is 53.1 Å². The highest BCUT2D eigenvalue weighted by Gasteiger charge is 2.57. The number of hydrogen-bond donors (Lipinski definition) is 0. The third kappa shape index (κ3) is 2.58. The fourth-order valence-corrected chi connectivity index (χ4v) is 6.08. The Morgan fingerprint density at radius 2 is 1.58 bits per heavy atom. The summed E-state index contributed by atoms with van der Waals surface area (Å²) in [7, 11) is 0. The van der Waals surface area contributed by atoms with Crippen molar-refractivity contribution in [2.45, 2.75) is 81.7 Å². The Balaban J connectivity index is 2.27. The van der Waals surface area contributed by atoms with Crippen LogP contribution in [0.5, 0.6) is 0 Å². The van der Waals surface area contributed by atoms with Gasteiger partial charge in [0.2, 0.25) is 0 Å². The van der Waals surface area contributed by atoms with Crippen LogP contribution < -0.4 is 0 Å². The maximum atomic E-state index is 16.3. The normalized spacial score (nSPS) is 17.8. The zero-order valence-electron chi connectivity index (χ0n) is 20.2. The minimum atomic E-state index is -3.99. The van der Waals surface area contributed by atoms with Gasteiger partial charge in [-0.25, -0.2) is 0 Å². The van der Waals surface area contributed by atoms with Crippen LogP contribution in [0.4, 0.5) is 8.63 Å². The Morgan fingerprint density at radius 1 is 0.935 bits per heavy atom. The number of rotatable bonds is 4. The fourth-order valence-electron chi connectivity index (χ4n) is 6.08. The van der Waals surface area contributed by atoms with Gasteiger partial charge < -0.3 is 17.6 Å². The van der Waals surface area contributed by atoms with Crippen molar-refractivity contribution in [1.29, 1.82) is 0 Å². The summed E-state index contributed by atoms with van der Waals surface area (Å²) in [6.45, 7) is 14.6. The average Bonchev–Trinajstić information content (AvgIpc) is 3.24. The number of halogens is 2. The van der Waals surface area contributed by atoms with E-state index in [1.165, 1.54) is 8.96 Å². The van der Waals surface area contributed by atoms with Gasteiger partial charge in [-0.15, -0.1) is 0 Å². The molecule has 4 heterocycles. The molecule has 0 saturated carbocycles. The number of nitrogens with zero attached hydrogens (tertiary/aromatic N) is 4. The van der Waals surface area contributed by atoms with Crippen molar-refractivity contribution in [2.75, 3.05) is 0 Å². The van der Waals surface area contributed by atoms with Gasteiger partial charge in [-0.1, -0.05) is 13.8 Å². The lowest BCUT2D eigenvalue weighted by Crippen LogP contribution is -2.51. The van der Waals surface area contributed by atoms with Crippen LogP contribution in [0, 0.1) is 27.7 Å². The van der Waals surface area contributed by atoms with E-state index in [9.17, 15) is 0 Å². The summed E-state index contributed by atoms with van der Waals surface area (Å²) < 4.78 is 37.2. The van der Waals surface area contributed by atoms with Crippen molar-refractivity contribution in [2.24, 2.45) is 0 Å². The first-order valence-electron chi connectivity index (χ1n) is 11.4. The molecule has 4 nitrogen and oxygen atoms in total. The van der Waals surface area contributed by atoms with E-state index in [-0.39, 0.29) is 0 Å². The maximum absolute atomic E-state index is 16.3. The van der Waals surface area contributed by atoms with Crippen LogP contribution in [0.15, 0.2) is 16.8 Å². The van der Waals surface area contributed by atoms with Gasteiger partial charge in [0.15, 0.2) is 5.70 Å². The first-order chi connectivity index (χ1) is 14.5. The van der Waals surface area contributed by atoms with Gasteiger partial charge in [-0.2, -0.15) is 5.10 Å². The van der Waals surface area contributed by atoms with E-state index in [1.54, 1.807) is 0 Å². The Hall–Kier alpha value is -2.44. The van der Waals surface area contributed by atoms with E-state index in [4.69, 9.17) is 5.10 Å². The standard InChI is InChI=1S/C24H33BF2N4/c1-10-19-13(4)23-22(21-15(6)28-29(12-3)18(21)9)24-14(5)20(11-2)17(8)31(24)25(26,27)30(23)16(19)7/h10-12H2,1-9H3. The summed E-state index contributed by atoms with van der Waals surface area (Å²) in [6.07, 6.45) is 1.46. The summed E-state index contributed by atoms with van der Waals surface area (Å²) >= 11 is 0. The molecule has 4 rings (SSSR count). The van der Waals surface area contributed by atoms with Gasteiger partial charge >= 0.3 is 6.97 Å². The Morgan fingerprint density at radius 3 is 2.10 bits per heavy atom. The first-order valence-corrected chi connectivity index (χ1v) is 11.4. The minimum Gasteiger partial charge on any atom is -0.393 e. The predicted molar refractivity (Wildman–Crippen MR) is 124 cm³/mol. The average molecular weight is 426 g/mol. The summed E-state index contributed by atoms with van der Waals surface area (Å²) in [4.78, 5) is 0. The Bertz CT molecular complexity index is 1220. The van der Waals surface area contributed by atoms with Crippen LogP contribution in [-0.2, 0) is 13.0 Å². The molecule has 0 fully saturated rings. The molecule has 2 aromatic rings. The van der Waals surface area contributed by atoms with Gasteiger partial charge in [0.05, 0.1) is 11.3 Å².